The number of piperidine rings is 1. The zero-order valence-electron chi connectivity index (χ0n) is 14.0. The van der Waals surface area contributed by atoms with E-state index in [4.69, 9.17) is 14.7 Å². The molecule has 0 amide bonds. The molecule has 1 saturated heterocycles. The fourth-order valence-electron chi connectivity index (χ4n) is 3.13. The summed E-state index contributed by atoms with van der Waals surface area (Å²) in [6.45, 7) is 4.35. The molecule has 2 unspecified atom stereocenters. The van der Waals surface area contributed by atoms with Crippen LogP contribution in [0.25, 0.3) is 0 Å². The van der Waals surface area contributed by atoms with Gasteiger partial charge in [0.25, 0.3) is 0 Å². The summed E-state index contributed by atoms with van der Waals surface area (Å²) in [6, 6.07) is 7.50. The van der Waals surface area contributed by atoms with Gasteiger partial charge in [-0.25, -0.2) is 0 Å². The Morgan fingerprint density at radius 3 is 2.91 bits per heavy atom. The molecule has 0 radical (unpaired) electrons. The van der Waals surface area contributed by atoms with Crippen molar-refractivity contribution in [1.82, 2.24) is 4.90 Å². The van der Waals surface area contributed by atoms with E-state index in [1.165, 1.54) is 12.8 Å². The second-order valence-corrected chi connectivity index (χ2v) is 5.90. The fourth-order valence-corrected chi connectivity index (χ4v) is 3.13. The average Bonchev–Trinajstić information content (AvgIpc) is 2.61. The standard InChI is InChI=1S/C18H26N2O3/c1-3-16(21)15-6-4-5-9-20(15)10-11-23-17-8-7-14(13-19)12-18(17)22-2/h7-8,12,15-16,21H,3-6,9-11H2,1-2H3. The topological polar surface area (TPSA) is 65.7 Å². The van der Waals surface area contributed by atoms with Gasteiger partial charge in [-0.2, -0.15) is 5.26 Å². The van der Waals surface area contributed by atoms with Gasteiger partial charge in [0.15, 0.2) is 11.5 Å². The predicted octanol–water partition coefficient (Wildman–Crippen LogP) is 2.57. The Kier molecular flexibility index (Phi) is 6.69. The molecular formula is C18H26N2O3. The molecule has 1 N–H and O–H groups in total. The molecule has 1 fully saturated rings. The molecule has 0 saturated carbocycles. The molecule has 1 aromatic rings. The Balaban J connectivity index is 1.92. The number of likely N-dealkylation sites (tertiary alicyclic amines) is 1. The molecule has 1 aliphatic heterocycles. The lowest BCUT2D eigenvalue weighted by Crippen LogP contribution is -2.48. The number of ether oxygens (including phenoxy) is 2. The van der Waals surface area contributed by atoms with Gasteiger partial charge >= 0.3 is 0 Å². The summed E-state index contributed by atoms with van der Waals surface area (Å²) in [5.41, 5.74) is 0.552. The summed E-state index contributed by atoms with van der Waals surface area (Å²) in [5, 5.41) is 19.1. The molecule has 1 aliphatic rings. The quantitative estimate of drug-likeness (QED) is 0.837. The van der Waals surface area contributed by atoms with E-state index in [2.05, 4.69) is 11.0 Å². The number of rotatable bonds is 7. The van der Waals surface area contributed by atoms with Crippen molar-refractivity contribution in [2.24, 2.45) is 0 Å². The minimum atomic E-state index is -0.264. The Bertz CT molecular complexity index is 542. The summed E-state index contributed by atoms with van der Waals surface area (Å²) < 4.78 is 11.1. The van der Waals surface area contributed by atoms with Gasteiger partial charge in [0.05, 0.1) is 24.8 Å². The third-order valence-corrected chi connectivity index (χ3v) is 4.46. The summed E-state index contributed by atoms with van der Waals surface area (Å²) in [5.74, 6) is 1.23. The van der Waals surface area contributed by atoms with E-state index >= 15 is 0 Å². The lowest BCUT2D eigenvalue weighted by Gasteiger charge is -2.38. The van der Waals surface area contributed by atoms with Gasteiger partial charge in [-0.1, -0.05) is 13.3 Å². The predicted molar refractivity (Wildman–Crippen MR) is 88.7 cm³/mol. The Morgan fingerprint density at radius 2 is 2.22 bits per heavy atom. The smallest absolute Gasteiger partial charge is 0.162 e. The highest BCUT2D eigenvalue weighted by Gasteiger charge is 2.27. The van der Waals surface area contributed by atoms with Crippen LogP contribution in [0.5, 0.6) is 11.5 Å². The number of nitriles is 1. The highest BCUT2D eigenvalue weighted by atomic mass is 16.5. The first-order valence-electron chi connectivity index (χ1n) is 8.32. The summed E-state index contributed by atoms with van der Waals surface area (Å²) in [6.07, 6.45) is 3.93. The molecule has 23 heavy (non-hydrogen) atoms. The maximum atomic E-state index is 10.2. The maximum absolute atomic E-state index is 10.2. The molecule has 1 heterocycles. The van der Waals surface area contributed by atoms with E-state index < -0.39 is 0 Å². The molecule has 1 aromatic carbocycles. The van der Waals surface area contributed by atoms with Crippen LogP contribution < -0.4 is 9.47 Å². The van der Waals surface area contributed by atoms with Crippen molar-refractivity contribution >= 4 is 0 Å². The molecule has 5 heteroatoms. The zero-order chi connectivity index (χ0) is 16.7. The van der Waals surface area contributed by atoms with E-state index in [0.717, 1.165) is 25.9 Å². The highest BCUT2D eigenvalue weighted by molar-refractivity contribution is 5.46. The number of aliphatic hydroxyl groups is 1. The van der Waals surface area contributed by atoms with Crippen molar-refractivity contribution in [3.05, 3.63) is 23.8 Å². The molecule has 126 valence electrons. The minimum Gasteiger partial charge on any atom is -0.493 e. The van der Waals surface area contributed by atoms with Gasteiger partial charge < -0.3 is 14.6 Å². The summed E-state index contributed by atoms with van der Waals surface area (Å²) in [4.78, 5) is 2.33. The van der Waals surface area contributed by atoms with Crippen molar-refractivity contribution in [2.45, 2.75) is 44.8 Å². The molecule has 0 bridgehead atoms. The first kappa shape index (κ1) is 17.6. The normalized spacial score (nSPS) is 19.8. The van der Waals surface area contributed by atoms with Gasteiger partial charge in [0.1, 0.15) is 6.61 Å². The summed E-state index contributed by atoms with van der Waals surface area (Å²) >= 11 is 0. The molecule has 2 rings (SSSR count). The molecule has 0 aromatic heterocycles. The first-order chi connectivity index (χ1) is 11.2. The second kappa shape index (κ2) is 8.76. The van der Waals surface area contributed by atoms with Crippen LogP contribution in [0.4, 0.5) is 0 Å². The van der Waals surface area contributed by atoms with Gasteiger partial charge in [-0.3, -0.25) is 4.90 Å². The number of aliphatic hydroxyl groups excluding tert-OH is 1. The van der Waals surface area contributed by atoms with Crippen LogP contribution in [0.1, 0.15) is 38.2 Å². The lowest BCUT2D eigenvalue weighted by atomic mass is 9.96. The van der Waals surface area contributed by atoms with Crippen LogP contribution in [-0.4, -0.2) is 49.0 Å². The van der Waals surface area contributed by atoms with E-state index in [9.17, 15) is 5.11 Å². The van der Waals surface area contributed by atoms with Crippen LogP contribution in [0.3, 0.4) is 0 Å². The monoisotopic (exact) mass is 318 g/mol. The van der Waals surface area contributed by atoms with Crippen LogP contribution in [0.2, 0.25) is 0 Å². The third-order valence-electron chi connectivity index (χ3n) is 4.46. The molecule has 2 atom stereocenters. The van der Waals surface area contributed by atoms with Crippen molar-refractivity contribution in [1.29, 1.82) is 5.26 Å². The average molecular weight is 318 g/mol. The van der Waals surface area contributed by atoms with E-state index in [1.807, 2.05) is 6.92 Å². The SMILES string of the molecule is CCC(O)C1CCCCN1CCOc1ccc(C#N)cc1OC. The number of benzene rings is 1. The van der Waals surface area contributed by atoms with Gasteiger partial charge in [0.2, 0.25) is 0 Å². The first-order valence-corrected chi connectivity index (χ1v) is 8.32. The number of methoxy groups -OCH3 is 1. The number of hydrogen-bond acceptors (Lipinski definition) is 5. The van der Waals surface area contributed by atoms with Crippen LogP contribution >= 0.6 is 0 Å². The van der Waals surface area contributed by atoms with E-state index in [1.54, 1.807) is 25.3 Å². The molecule has 5 nitrogen and oxygen atoms in total. The van der Waals surface area contributed by atoms with Gasteiger partial charge in [-0.15, -0.1) is 0 Å². The van der Waals surface area contributed by atoms with Crippen molar-refractivity contribution in [3.63, 3.8) is 0 Å². The Hall–Kier alpha value is -1.77. The molecule has 0 spiro atoms. The van der Waals surface area contributed by atoms with Gasteiger partial charge in [0, 0.05) is 18.7 Å². The van der Waals surface area contributed by atoms with Gasteiger partial charge in [-0.05, 0) is 37.9 Å². The van der Waals surface area contributed by atoms with E-state index in [-0.39, 0.29) is 12.1 Å². The highest BCUT2D eigenvalue weighted by Crippen LogP contribution is 2.28. The largest absolute Gasteiger partial charge is 0.493 e. The maximum Gasteiger partial charge on any atom is 0.162 e. The minimum absolute atomic E-state index is 0.236. The lowest BCUT2D eigenvalue weighted by molar-refractivity contribution is 0.0177. The summed E-state index contributed by atoms with van der Waals surface area (Å²) in [7, 11) is 1.57. The Morgan fingerprint density at radius 1 is 1.39 bits per heavy atom. The van der Waals surface area contributed by atoms with E-state index in [0.29, 0.717) is 23.7 Å². The zero-order valence-corrected chi connectivity index (χ0v) is 14.0. The molecule has 0 aliphatic carbocycles. The Labute approximate surface area is 138 Å². The van der Waals surface area contributed by atoms with Crippen molar-refractivity contribution in [3.8, 4) is 17.6 Å². The third kappa shape index (κ3) is 4.60. The number of nitrogens with zero attached hydrogens (tertiary/aromatic N) is 2. The fraction of sp³-hybridized carbons (Fsp3) is 0.611. The van der Waals surface area contributed by atoms with Crippen molar-refractivity contribution < 1.29 is 14.6 Å². The second-order valence-electron chi connectivity index (χ2n) is 5.90. The molecular weight excluding hydrogens is 292 g/mol. The van der Waals surface area contributed by atoms with Crippen molar-refractivity contribution in [2.75, 3.05) is 26.8 Å². The van der Waals surface area contributed by atoms with Crippen LogP contribution in [0, 0.1) is 11.3 Å². The van der Waals surface area contributed by atoms with Crippen LogP contribution in [-0.2, 0) is 0 Å². The van der Waals surface area contributed by atoms with Crippen LogP contribution in [0.15, 0.2) is 18.2 Å². The number of hydrogen-bond donors (Lipinski definition) is 1.